The van der Waals surface area contributed by atoms with E-state index in [9.17, 15) is 4.79 Å². The number of aromatic nitrogens is 2. The first kappa shape index (κ1) is 18.7. The summed E-state index contributed by atoms with van der Waals surface area (Å²) in [6.07, 6.45) is 1.77. The Kier molecular flexibility index (Phi) is 5.88. The molecule has 6 heteroatoms. The van der Waals surface area contributed by atoms with Gasteiger partial charge in [0.1, 0.15) is 5.75 Å². The van der Waals surface area contributed by atoms with Crippen molar-refractivity contribution in [2.75, 3.05) is 21.2 Å². The molecule has 0 unspecified atom stereocenters. The molecule has 0 aliphatic heterocycles. The van der Waals surface area contributed by atoms with Crippen LogP contribution < -0.4 is 10.1 Å². The third-order valence-electron chi connectivity index (χ3n) is 4.20. The van der Waals surface area contributed by atoms with E-state index in [0.717, 1.165) is 23.5 Å². The Hall–Kier alpha value is -3.12. The first-order valence-electron chi connectivity index (χ1n) is 8.76. The van der Waals surface area contributed by atoms with Gasteiger partial charge in [-0.2, -0.15) is 5.10 Å². The average molecular weight is 364 g/mol. The van der Waals surface area contributed by atoms with Crippen LogP contribution in [0.25, 0.3) is 5.69 Å². The van der Waals surface area contributed by atoms with Gasteiger partial charge in [-0.05, 0) is 55.6 Å². The molecule has 0 fully saturated rings. The summed E-state index contributed by atoms with van der Waals surface area (Å²) in [4.78, 5) is 14.6. The van der Waals surface area contributed by atoms with Crippen LogP contribution in [-0.2, 0) is 13.1 Å². The average Bonchev–Trinajstić information content (AvgIpc) is 3.17. The number of rotatable bonds is 7. The van der Waals surface area contributed by atoms with Crippen molar-refractivity contribution in [1.29, 1.82) is 0 Å². The minimum atomic E-state index is -0.193. The fraction of sp³-hybridized carbons (Fsp3) is 0.238. The molecule has 0 aliphatic rings. The van der Waals surface area contributed by atoms with Crippen molar-refractivity contribution in [3.05, 3.63) is 77.6 Å². The standard InChI is InChI=1S/C21H24N4O2/c1-24(2)15-17-7-5-4-6-16(17)14-22-21(26)20-12-13-25(23-20)18-8-10-19(27-3)11-9-18/h4-13H,14-15H2,1-3H3,(H,22,26). The lowest BCUT2D eigenvalue weighted by Gasteiger charge is -2.14. The van der Waals surface area contributed by atoms with Crippen molar-refractivity contribution in [3.63, 3.8) is 0 Å². The lowest BCUT2D eigenvalue weighted by molar-refractivity contribution is 0.0945. The van der Waals surface area contributed by atoms with Crippen molar-refractivity contribution >= 4 is 5.91 Å². The molecule has 0 spiro atoms. The van der Waals surface area contributed by atoms with Gasteiger partial charge in [0.2, 0.25) is 0 Å². The molecular formula is C21H24N4O2. The van der Waals surface area contributed by atoms with Crippen molar-refractivity contribution in [2.45, 2.75) is 13.1 Å². The Morgan fingerprint density at radius 2 is 1.78 bits per heavy atom. The number of carbonyl (C=O) groups excluding carboxylic acids is 1. The Morgan fingerprint density at radius 3 is 2.44 bits per heavy atom. The minimum Gasteiger partial charge on any atom is -0.497 e. The van der Waals surface area contributed by atoms with E-state index in [-0.39, 0.29) is 5.91 Å². The maximum absolute atomic E-state index is 12.5. The monoisotopic (exact) mass is 364 g/mol. The Morgan fingerprint density at radius 1 is 1.07 bits per heavy atom. The van der Waals surface area contributed by atoms with Crippen molar-refractivity contribution in [3.8, 4) is 11.4 Å². The van der Waals surface area contributed by atoms with Crippen LogP contribution >= 0.6 is 0 Å². The van der Waals surface area contributed by atoms with E-state index in [1.54, 1.807) is 24.1 Å². The molecule has 0 saturated heterocycles. The summed E-state index contributed by atoms with van der Waals surface area (Å²) in [7, 11) is 5.68. The van der Waals surface area contributed by atoms with E-state index in [2.05, 4.69) is 21.4 Å². The largest absolute Gasteiger partial charge is 0.497 e. The molecule has 1 N–H and O–H groups in total. The van der Waals surface area contributed by atoms with Crippen LogP contribution in [-0.4, -0.2) is 41.8 Å². The number of hydrogen-bond acceptors (Lipinski definition) is 4. The quantitative estimate of drug-likeness (QED) is 0.700. The Labute approximate surface area is 159 Å². The maximum atomic E-state index is 12.5. The number of nitrogens with one attached hydrogen (secondary N) is 1. The van der Waals surface area contributed by atoms with Crippen molar-refractivity contribution in [2.24, 2.45) is 0 Å². The van der Waals surface area contributed by atoms with Gasteiger partial charge in [-0.15, -0.1) is 0 Å². The molecule has 0 atom stereocenters. The van der Waals surface area contributed by atoms with Gasteiger partial charge in [-0.1, -0.05) is 24.3 Å². The molecule has 6 nitrogen and oxygen atoms in total. The third kappa shape index (κ3) is 4.74. The van der Waals surface area contributed by atoms with E-state index in [4.69, 9.17) is 4.74 Å². The first-order valence-corrected chi connectivity index (χ1v) is 8.76. The molecule has 1 amide bonds. The van der Waals surface area contributed by atoms with Gasteiger partial charge in [0.15, 0.2) is 5.69 Å². The Balaban J connectivity index is 1.66. The summed E-state index contributed by atoms with van der Waals surface area (Å²) in [5.74, 6) is 0.585. The zero-order chi connectivity index (χ0) is 19.2. The van der Waals surface area contributed by atoms with Crippen LogP contribution in [0.1, 0.15) is 21.6 Å². The van der Waals surface area contributed by atoms with Crippen LogP contribution in [0.5, 0.6) is 5.75 Å². The zero-order valence-corrected chi connectivity index (χ0v) is 15.8. The second-order valence-electron chi connectivity index (χ2n) is 6.53. The first-order chi connectivity index (χ1) is 13.1. The van der Waals surface area contributed by atoms with Crippen LogP contribution in [0.2, 0.25) is 0 Å². The van der Waals surface area contributed by atoms with E-state index in [1.807, 2.05) is 56.6 Å². The summed E-state index contributed by atoms with van der Waals surface area (Å²) in [6, 6.07) is 17.3. The highest BCUT2D eigenvalue weighted by Crippen LogP contribution is 2.15. The number of carbonyl (C=O) groups is 1. The summed E-state index contributed by atoms with van der Waals surface area (Å²) >= 11 is 0. The van der Waals surface area contributed by atoms with Gasteiger partial charge in [-0.3, -0.25) is 4.79 Å². The molecule has 2 aromatic carbocycles. The molecule has 0 bridgehead atoms. The second-order valence-corrected chi connectivity index (χ2v) is 6.53. The lowest BCUT2D eigenvalue weighted by Crippen LogP contribution is -2.24. The molecule has 0 radical (unpaired) electrons. The second kappa shape index (κ2) is 8.51. The van der Waals surface area contributed by atoms with Crippen LogP contribution in [0, 0.1) is 0 Å². The van der Waals surface area contributed by atoms with Gasteiger partial charge in [0, 0.05) is 19.3 Å². The highest BCUT2D eigenvalue weighted by molar-refractivity contribution is 5.92. The van der Waals surface area contributed by atoms with Crippen LogP contribution in [0.15, 0.2) is 60.8 Å². The van der Waals surface area contributed by atoms with Gasteiger partial charge in [-0.25, -0.2) is 4.68 Å². The molecule has 27 heavy (non-hydrogen) atoms. The predicted octanol–water partition coefficient (Wildman–Crippen LogP) is 2.87. The number of benzene rings is 2. The number of hydrogen-bond donors (Lipinski definition) is 1. The summed E-state index contributed by atoms with van der Waals surface area (Å²) in [6.45, 7) is 1.30. The third-order valence-corrected chi connectivity index (χ3v) is 4.20. The molecule has 0 aliphatic carbocycles. The number of ether oxygens (including phenoxy) is 1. The van der Waals surface area contributed by atoms with Crippen molar-refractivity contribution in [1.82, 2.24) is 20.0 Å². The number of nitrogens with zero attached hydrogens (tertiary/aromatic N) is 3. The zero-order valence-electron chi connectivity index (χ0n) is 15.8. The molecule has 1 heterocycles. The molecule has 1 aromatic heterocycles. The number of amides is 1. The molecular weight excluding hydrogens is 340 g/mol. The SMILES string of the molecule is COc1ccc(-n2ccc(C(=O)NCc3ccccc3CN(C)C)n2)cc1. The normalized spacial score (nSPS) is 10.8. The summed E-state index contributed by atoms with van der Waals surface area (Å²) < 4.78 is 6.83. The Bertz CT molecular complexity index is 901. The van der Waals surface area contributed by atoms with Gasteiger partial charge >= 0.3 is 0 Å². The topological polar surface area (TPSA) is 59.4 Å². The fourth-order valence-electron chi connectivity index (χ4n) is 2.81. The van der Waals surface area contributed by atoms with E-state index in [1.165, 1.54) is 5.56 Å². The highest BCUT2D eigenvalue weighted by Gasteiger charge is 2.11. The summed E-state index contributed by atoms with van der Waals surface area (Å²) in [5.41, 5.74) is 3.56. The van der Waals surface area contributed by atoms with Crippen molar-refractivity contribution < 1.29 is 9.53 Å². The van der Waals surface area contributed by atoms with Crippen LogP contribution in [0.3, 0.4) is 0 Å². The minimum absolute atomic E-state index is 0.193. The molecule has 3 rings (SSSR count). The van der Waals surface area contributed by atoms with Gasteiger partial charge in [0.25, 0.3) is 5.91 Å². The van der Waals surface area contributed by atoms with Gasteiger partial charge < -0.3 is 15.0 Å². The lowest BCUT2D eigenvalue weighted by atomic mass is 10.1. The molecule has 140 valence electrons. The summed E-state index contributed by atoms with van der Waals surface area (Å²) in [5, 5.41) is 7.33. The predicted molar refractivity (Wildman–Crippen MR) is 105 cm³/mol. The highest BCUT2D eigenvalue weighted by atomic mass is 16.5. The molecule has 3 aromatic rings. The molecule has 0 saturated carbocycles. The maximum Gasteiger partial charge on any atom is 0.272 e. The fourth-order valence-corrected chi connectivity index (χ4v) is 2.81. The smallest absolute Gasteiger partial charge is 0.272 e. The van der Waals surface area contributed by atoms with Gasteiger partial charge in [0.05, 0.1) is 12.8 Å². The van der Waals surface area contributed by atoms with E-state index in [0.29, 0.717) is 12.2 Å². The van der Waals surface area contributed by atoms with Crippen LogP contribution in [0.4, 0.5) is 0 Å². The number of methoxy groups -OCH3 is 1. The van der Waals surface area contributed by atoms with E-state index < -0.39 is 0 Å². The van der Waals surface area contributed by atoms with E-state index >= 15 is 0 Å².